The minimum atomic E-state index is -3.55. The summed E-state index contributed by atoms with van der Waals surface area (Å²) in [4.78, 5) is 4.25. The first-order chi connectivity index (χ1) is 17.5. The first-order valence-electron chi connectivity index (χ1n) is 12.3. The van der Waals surface area contributed by atoms with Crippen molar-refractivity contribution >= 4 is 10.0 Å². The SMILES string of the molecule is COc1cc(S(=O)(=O)N2CCC(c3ccc(-c4ccc5c(c4)Cc4ccccc4-5)cc3)CC2)ccn1. The van der Waals surface area contributed by atoms with E-state index in [2.05, 4.69) is 71.7 Å². The first-order valence-corrected chi connectivity index (χ1v) is 13.8. The molecule has 0 unspecified atom stereocenters. The number of rotatable bonds is 5. The quantitative estimate of drug-likeness (QED) is 0.304. The van der Waals surface area contributed by atoms with Crippen molar-refractivity contribution in [2.24, 2.45) is 0 Å². The van der Waals surface area contributed by atoms with Crippen LogP contribution in [-0.2, 0) is 16.4 Å². The summed E-state index contributed by atoms with van der Waals surface area (Å²) in [6, 6.07) is 27.3. The lowest BCUT2D eigenvalue weighted by atomic mass is 9.89. The summed E-state index contributed by atoms with van der Waals surface area (Å²) in [6.45, 7) is 1.01. The third kappa shape index (κ3) is 4.10. The molecule has 6 heteroatoms. The fourth-order valence-electron chi connectivity index (χ4n) is 5.51. The van der Waals surface area contributed by atoms with Gasteiger partial charge in [0.1, 0.15) is 0 Å². The Morgan fingerprint density at radius 2 is 1.56 bits per heavy atom. The van der Waals surface area contributed by atoms with Gasteiger partial charge in [0.15, 0.2) is 0 Å². The molecule has 0 radical (unpaired) electrons. The Kier molecular flexibility index (Phi) is 5.86. The number of ether oxygens (including phenoxy) is 1. The lowest BCUT2D eigenvalue weighted by molar-refractivity contribution is 0.319. The van der Waals surface area contributed by atoms with Crippen molar-refractivity contribution in [2.75, 3.05) is 20.2 Å². The van der Waals surface area contributed by atoms with Gasteiger partial charge in [-0.1, -0.05) is 66.7 Å². The lowest BCUT2D eigenvalue weighted by Gasteiger charge is -2.31. The van der Waals surface area contributed by atoms with Gasteiger partial charge in [-0.3, -0.25) is 0 Å². The van der Waals surface area contributed by atoms with Gasteiger partial charge in [0.25, 0.3) is 0 Å². The van der Waals surface area contributed by atoms with Crippen LogP contribution in [0.25, 0.3) is 22.3 Å². The van der Waals surface area contributed by atoms with Crippen molar-refractivity contribution in [3.05, 3.63) is 102 Å². The topological polar surface area (TPSA) is 59.5 Å². The van der Waals surface area contributed by atoms with Crippen LogP contribution in [0.2, 0.25) is 0 Å². The molecular weight excluding hydrogens is 468 g/mol. The number of sulfonamides is 1. The van der Waals surface area contributed by atoms with Gasteiger partial charge in [0.05, 0.1) is 12.0 Å². The van der Waals surface area contributed by atoms with Crippen LogP contribution >= 0.6 is 0 Å². The van der Waals surface area contributed by atoms with E-state index in [1.165, 1.54) is 64.4 Å². The van der Waals surface area contributed by atoms with Crippen LogP contribution < -0.4 is 4.74 Å². The number of hydrogen-bond donors (Lipinski definition) is 0. The predicted octanol–water partition coefficient (Wildman–Crippen LogP) is 5.90. The highest BCUT2D eigenvalue weighted by Gasteiger charge is 2.30. The van der Waals surface area contributed by atoms with Gasteiger partial charge in [-0.15, -0.1) is 0 Å². The third-order valence-corrected chi connectivity index (χ3v) is 9.41. The molecule has 5 nitrogen and oxygen atoms in total. The average Bonchev–Trinajstić information content (AvgIpc) is 3.31. The number of aromatic nitrogens is 1. The molecule has 1 aromatic heterocycles. The zero-order chi connectivity index (χ0) is 24.7. The molecule has 2 aliphatic rings. The molecule has 3 aromatic carbocycles. The van der Waals surface area contributed by atoms with Crippen LogP contribution in [-0.4, -0.2) is 37.9 Å². The number of fused-ring (bicyclic) bond motifs is 3. The van der Waals surface area contributed by atoms with Crippen LogP contribution in [0.4, 0.5) is 0 Å². The molecule has 0 atom stereocenters. The van der Waals surface area contributed by atoms with Crippen LogP contribution in [0.3, 0.4) is 0 Å². The molecule has 1 aliphatic carbocycles. The maximum absolute atomic E-state index is 13.1. The van der Waals surface area contributed by atoms with Gasteiger partial charge < -0.3 is 4.74 Å². The number of methoxy groups -OCH3 is 1. The molecule has 4 aromatic rings. The zero-order valence-corrected chi connectivity index (χ0v) is 21.0. The Labute approximate surface area is 212 Å². The molecule has 0 N–H and O–H groups in total. The molecule has 6 rings (SSSR count). The second kappa shape index (κ2) is 9.19. The van der Waals surface area contributed by atoms with Crippen molar-refractivity contribution in [1.82, 2.24) is 9.29 Å². The highest BCUT2D eigenvalue weighted by Crippen LogP contribution is 2.39. The number of piperidine rings is 1. The van der Waals surface area contributed by atoms with Crippen molar-refractivity contribution in [2.45, 2.75) is 30.1 Å². The van der Waals surface area contributed by atoms with E-state index in [0.717, 1.165) is 19.3 Å². The molecule has 1 aliphatic heterocycles. The lowest BCUT2D eigenvalue weighted by Crippen LogP contribution is -2.37. The van der Waals surface area contributed by atoms with Crippen LogP contribution in [0.15, 0.2) is 90.0 Å². The fourth-order valence-corrected chi connectivity index (χ4v) is 6.99. The van der Waals surface area contributed by atoms with Gasteiger partial charge in [-0.25, -0.2) is 13.4 Å². The van der Waals surface area contributed by atoms with Crippen LogP contribution in [0, 0.1) is 0 Å². The number of nitrogens with zero attached hydrogens (tertiary/aromatic N) is 2. The predicted molar refractivity (Wildman–Crippen MR) is 142 cm³/mol. The van der Waals surface area contributed by atoms with E-state index >= 15 is 0 Å². The maximum Gasteiger partial charge on any atom is 0.243 e. The fraction of sp³-hybridized carbons (Fsp3) is 0.233. The van der Waals surface area contributed by atoms with Crippen LogP contribution in [0.5, 0.6) is 5.88 Å². The molecule has 182 valence electrons. The first kappa shape index (κ1) is 23.0. The summed E-state index contributed by atoms with van der Waals surface area (Å²) >= 11 is 0. The molecule has 0 amide bonds. The molecule has 2 heterocycles. The smallest absolute Gasteiger partial charge is 0.243 e. The van der Waals surface area contributed by atoms with E-state index < -0.39 is 10.0 Å². The Morgan fingerprint density at radius 1 is 0.833 bits per heavy atom. The van der Waals surface area contributed by atoms with Gasteiger partial charge in [-0.2, -0.15) is 4.31 Å². The maximum atomic E-state index is 13.1. The average molecular weight is 497 g/mol. The summed E-state index contributed by atoms with van der Waals surface area (Å²) < 4.78 is 32.9. The second-order valence-corrected chi connectivity index (χ2v) is 11.5. The van der Waals surface area contributed by atoms with E-state index in [1.54, 1.807) is 4.31 Å². The number of pyridine rings is 1. The van der Waals surface area contributed by atoms with Crippen molar-refractivity contribution in [1.29, 1.82) is 0 Å². The van der Waals surface area contributed by atoms with E-state index in [4.69, 9.17) is 4.74 Å². The summed E-state index contributed by atoms with van der Waals surface area (Å²) in [5.74, 6) is 0.658. The monoisotopic (exact) mass is 496 g/mol. The molecular formula is C30H28N2O3S. The van der Waals surface area contributed by atoms with Crippen molar-refractivity contribution < 1.29 is 13.2 Å². The summed E-state index contributed by atoms with van der Waals surface area (Å²) in [7, 11) is -2.07. The Balaban J connectivity index is 1.14. The standard InChI is InChI=1S/C30H28N2O3S/c1-35-30-20-27(12-15-31-30)36(33,34)32-16-13-23(14-17-32)21-6-8-22(9-7-21)24-10-11-29-26(18-24)19-25-4-2-3-5-28(25)29/h2-12,15,18,20,23H,13-14,16-17,19H2,1H3. The van der Waals surface area contributed by atoms with Gasteiger partial charge in [0, 0.05) is 25.4 Å². The molecule has 1 saturated heterocycles. The van der Waals surface area contributed by atoms with Crippen molar-refractivity contribution in [3.8, 4) is 28.1 Å². The molecule has 0 spiro atoms. The number of benzene rings is 3. The van der Waals surface area contributed by atoms with Crippen molar-refractivity contribution in [3.63, 3.8) is 0 Å². The molecule has 1 fully saturated rings. The van der Waals surface area contributed by atoms with Gasteiger partial charge in [-0.05, 0) is 70.2 Å². The van der Waals surface area contributed by atoms with Gasteiger partial charge >= 0.3 is 0 Å². The minimum absolute atomic E-state index is 0.231. The largest absolute Gasteiger partial charge is 0.481 e. The highest BCUT2D eigenvalue weighted by molar-refractivity contribution is 7.89. The Bertz CT molecular complexity index is 1520. The normalized spacial score (nSPS) is 15.9. The summed E-state index contributed by atoms with van der Waals surface area (Å²) in [5, 5.41) is 0. The van der Waals surface area contributed by atoms with E-state index in [-0.39, 0.29) is 4.90 Å². The minimum Gasteiger partial charge on any atom is -0.481 e. The number of hydrogen-bond acceptors (Lipinski definition) is 4. The molecule has 0 saturated carbocycles. The molecule has 36 heavy (non-hydrogen) atoms. The second-order valence-electron chi connectivity index (χ2n) is 9.54. The molecule has 0 bridgehead atoms. The van der Waals surface area contributed by atoms with E-state index in [0.29, 0.717) is 24.9 Å². The third-order valence-electron chi connectivity index (χ3n) is 7.52. The van der Waals surface area contributed by atoms with Gasteiger partial charge in [0.2, 0.25) is 15.9 Å². The Morgan fingerprint density at radius 3 is 2.33 bits per heavy atom. The summed E-state index contributed by atoms with van der Waals surface area (Å²) in [6.07, 6.45) is 4.07. The zero-order valence-electron chi connectivity index (χ0n) is 20.2. The van der Waals surface area contributed by atoms with E-state index in [1.807, 2.05) is 0 Å². The van der Waals surface area contributed by atoms with E-state index in [9.17, 15) is 8.42 Å². The Hall–Kier alpha value is -3.48. The summed E-state index contributed by atoms with van der Waals surface area (Å²) in [5.41, 5.74) is 9.21. The van der Waals surface area contributed by atoms with Crippen LogP contribution in [0.1, 0.15) is 35.4 Å². The highest BCUT2D eigenvalue weighted by atomic mass is 32.2.